The maximum atomic E-state index is 12.0. The van der Waals surface area contributed by atoms with Crippen LogP contribution >= 0.6 is 11.8 Å². The quantitative estimate of drug-likeness (QED) is 0.319. The van der Waals surface area contributed by atoms with E-state index < -0.39 is 11.9 Å². The van der Waals surface area contributed by atoms with Gasteiger partial charge in [0, 0.05) is 64.1 Å². The number of rotatable bonds is 9. The number of nitrogens with one attached hydrogen (secondary N) is 2. The smallest absolute Gasteiger partial charge is 0.337 e. The molecule has 3 aromatic rings. The van der Waals surface area contributed by atoms with Crippen LogP contribution in [0.4, 0.5) is 16.7 Å². The van der Waals surface area contributed by atoms with Gasteiger partial charge in [-0.2, -0.15) is 0 Å². The largest absolute Gasteiger partial charge is 0.478 e. The third kappa shape index (κ3) is 6.84. The maximum absolute atomic E-state index is 12.0. The molecule has 0 spiro atoms. The number of carbonyl (C=O) groups is 3. The summed E-state index contributed by atoms with van der Waals surface area (Å²) >= 11 is 0.860. The van der Waals surface area contributed by atoms with Crippen molar-refractivity contribution in [1.82, 2.24) is 35.6 Å². The molecule has 41 heavy (non-hydrogen) atoms. The fraction of sp³-hybridized carbons (Fsp3) is 0.333. The first-order valence-corrected chi connectivity index (χ1v) is 13.8. The number of carbonyl (C=O) groups excluding carboxylic acids is 2. The maximum Gasteiger partial charge on any atom is 0.337 e. The van der Waals surface area contributed by atoms with Crippen LogP contribution in [0.25, 0.3) is 17.3 Å². The molecule has 2 saturated heterocycles. The first-order chi connectivity index (χ1) is 19.8. The first kappa shape index (κ1) is 28.1. The van der Waals surface area contributed by atoms with Crippen LogP contribution in [0.3, 0.4) is 0 Å². The van der Waals surface area contributed by atoms with Gasteiger partial charge in [-0.1, -0.05) is 0 Å². The molecule has 5 heterocycles. The van der Waals surface area contributed by atoms with Crippen molar-refractivity contribution >= 4 is 46.9 Å². The Bertz CT molecular complexity index is 1490. The zero-order chi connectivity index (χ0) is 28.9. The standard InChI is InChI=1S/C27H29N9O4S/c1-35(2)25-31-14-18(15-32-25)22-20(24(38)39)9-17(13-30-22)12-28-11-16-4-7-36(8-5-16)26-29-6-3-19(33-26)10-21-23(37)34-27(40)41-21/h3,6,9-10,13-16,28H,4-5,7-8,11-12H2,1-2H3,(H,38,39)(H,34,37,40). The van der Waals surface area contributed by atoms with E-state index >= 15 is 0 Å². The highest BCUT2D eigenvalue weighted by molar-refractivity contribution is 8.18. The second-order valence-corrected chi connectivity index (χ2v) is 10.9. The SMILES string of the molecule is CN(C)c1ncc(-c2ncc(CNCC3CCN(c4nccc(C=C5SC(=O)NC5=O)n4)CC3)cc2C(=O)O)cn1. The van der Waals surface area contributed by atoms with E-state index in [4.69, 9.17) is 0 Å². The van der Waals surface area contributed by atoms with Crippen molar-refractivity contribution in [1.29, 1.82) is 0 Å². The molecule has 0 saturated carbocycles. The number of amides is 2. The zero-order valence-electron chi connectivity index (χ0n) is 22.6. The number of aromatic nitrogens is 5. The number of aromatic carboxylic acids is 1. The molecule has 0 atom stereocenters. The van der Waals surface area contributed by atoms with E-state index in [9.17, 15) is 19.5 Å². The third-order valence-corrected chi connectivity index (χ3v) is 7.54. The van der Waals surface area contributed by atoms with E-state index in [2.05, 4.69) is 40.5 Å². The van der Waals surface area contributed by atoms with E-state index in [-0.39, 0.29) is 10.8 Å². The number of imide groups is 1. The van der Waals surface area contributed by atoms with Crippen molar-refractivity contribution in [2.75, 3.05) is 43.5 Å². The molecule has 0 unspecified atom stereocenters. The summed E-state index contributed by atoms with van der Waals surface area (Å²) < 4.78 is 0. The molecule has 5 rings (SSSR count). The van der Waals surface area contributed by atoms with Gasteiger partial charge < -0.3 is 20.2 Å². The lowest BCUT2D eigenvalue weighted by Gasteiger charge is -2.32. The number of thioether (sulfide) groups is 1. The average molecular weight is 576 g/mol. The highest BCUT2D eigenvalue weighted by atomic mass is 32.2. The monoisotopic (exact) mass is 575 g/mol. The molecule has 0 radical (unpaired) electrons. The summed E-state index contributed by atoms with van der Waals surface area (Å²) in [6.45, 7) is 2.85. The minimum Gasteiger partial charge on any atom is -0.478 e. The van der Waals surface area contributed by atoms with Crippen LogP contribution in [0.2, 0.25) is 0 Å². The summed E-state index contributed by atoms with van der Waals surface area (Å²) in [6.07, 6.45) is 9.96. The van der Waals surface area contributed by atoms with Gasteiger partial charge in [0.05, 0.1) is 21.9 Å². The van der Waals surface area contributed by atoms with Crippen molar-refractivity contribution in [3.8, 4) is 11.3 Å². The van der Waals surface area contributed by atoms with Gasteiger partial charge in [-0.15, -0.1) is 0 Å². The second kappa shape index (κ2) is 12.4. The molecule has 2 aliphatic heterocycles. The van der Waals surface area contributed by atoms with Gasteiger partial charge in [0.1, 0.15) is 0 Å². The van der Waals surface area contributed by atoms with E-state index in [0.717, 1.165) is 49.8 Å². The van der Waals surface area contributed by atoms with Crippen molar-refractivity contribution in [3.63, 3.8) is 0 Å². The molecule has 2 amide bonds. The molecule has 14 heteroatoms. The van der Waals surface area contributed by atoms with Gasteiger partial charge in [0.2, 0.25) is 11.9 Å². The minimum absolute atomic E-state index is 0.107. The van der Waals surface area contributed by atoms with E-state index in [1.807, 2.05) is 14.1 Å². The Morgan fingerprint density at radius 3 is 2.59 bits per heavy atom. The fourth-order valence-electron chi connectivity index (χ4n) is 4.58. The molecular weight excluding hydrogens is 546 g/mol. The Hall–Kier alpha value is -4.43. The highest BCUT2D eigenvalue weighted by Gasteiger charge is 2.26. The van der Waals surface area contributed by atoms with E-state index in [0.29, 0.717) is 46.2 Å². The topological polar surface area (TPSA) is 166 Å². The van der Waals surface area contributed by atoms with Crippen LogP contribution in [-0.2, 0) is 11.3 Å². The molecule has 3 N–H and O–H groups in total. The number of hydrogen-bond donors (Lipinski definition) is 3. The average Bonchev–Trinajstić information content (AvgIpc) is 3.29. The fourth-order valence-corrected chi connectivity index (χ4v) is 5.25. The number of piperidine rings is 1. The molecule has 0 aromatic carbocycles. The minimum atomic E-state index is -1.06. The third-order valence-electron chi connectivity index (χ3n) is 6.73. The molecular formula is C27H29N9O4S. The molecule has 212 valence electrons. The Labute approximate surface area is 240 Å². The zero-order valence-corrected chi connectivity index (χ0v) is 23.4. The van der Waals surface area contributed by atoms with Crippen LogP contribution in [0.1, 0.15) is 34.5 Å². The van der Waals surface area contributed by atoms with Crippen LogP contribution < -0.4 is 20.4 Å². The predicted molar refractivity (Wildman–Crippen MR) is 154 cm³/mol. The van der Waals surface area contributed by atoms with Crippen molar-refractivity contribution in [2.45, 2.75) is 19.4 Å². The second-order valence-electron chi connectivity index (χ2n) is 9.91. The van der Waals surface area contributed by atoms with Crippen molar-refractivity contribution in [3.05, 3.63) is 58.6 Å². The lowest BCUT2D eigenvalue weighted by molar-refractivity contribution is -0.115. The molecule has 2 fully saturated rings. The Kier molecular flexibility index (Phi) is 8.50. The van der Waals surface area contributed by atoms with Gasteiger partial charge >= 0.3 is 5.97 Å². The summed E-state index contributed by atoms with van der Waals surface area (Å²) in [6, 6.07) is 3.35. The molecule has 2 aliphatic rings. The number of carboxylic acids is 1. The number of hydrogen-bond acceptors (Lipinski definition) is 12. The van der Waals surface area contributed by atoms with Gasteiger partial charge in [-0.25, -0.2) is 24.7 Å². The summed E-state index contributed by atoms with van der Waals surface area (Å²) in [7, 11) is 3.66. The van der Waals surface area contributed by atoms with Gasteiger partial charge in [-0.05, 0) is 60.8 Å². The number of carboxylic acid groups (broad SMARTS) is 1. The van der Waals surface area contributed by atoms with Gasteiger partial charge in [0.15, 0.2) is 0 Å². The summed E-state index contributed by atoms with van der Waals surface area (Å²) in [5.74, 6) is 0.0986. The number of pyridine rings is 1. The molecule has 0 aliphatic carbocycles. The van der Waals surface area contributed by atoms with Crippen LogP contribution in [0.15, 0.2) is 41.8 Å². The van der Waals surface area contributed by atoms with E-state index in [1.165, 1.54) is 0 Å². The van der Waals surface area contributed by atoms with Crippen molar-refractivity contribution in [2.24, 2.45) is 5.92 Å². The normalized spacial score (nSPS) is 16.7. The number of nitrogens with zero attached hydrogens (tertiary/aromatic N) is 7. The lowest BCUT2D eigenvalue weighted by atomic mass is 9.97. The number of anilines is 2. The van der Waals surface area contributed by atoms with Crippen LogP contribution in [0, 0.1) is 5.92 Å². The summed E-state index contributed by atoms with van der Waals surface area (Å²) in [4.78, 5) is 61.3. The molecule has 13 nitrogen and oxygen atoms in total. The summed E-state index contributed by atoms with van der Waals surface area (Å²) in [5, 5.41) is 15.1. The highest BCUT2D eigenvalue weighted by Crippen LogP contribution is 2.26. The Morgan fingerprint density at radius 1 is 1.17 bits per heavy atom. The summed E-state index contributed by atoms with van der Waals surface area (Å²) in [5.41, 5.74) is 2.34. The Balaban J connectivity index is 1.14. The van der Waals surface area contributed by atoms with Gasteiger partial charge in [0.25, 0.3) is 11.1 Å². The molecule has 3 aromatic heterocycles. The first-order valence-electron chi connectivity index (χ1n) is 13.0. The van der Waals surface area contributed by atoms with E-state index in [1.54, 1.807) is 47.9 Å². The van der Waals surface area contributed by atoms with Crippen LogP contribution in [0.5, 0.6) is 0 Å². The van der Waals surface area contributed by atoms with Crippen molar-refractivity contribution < 1.29 is 19.5 Å². The Morgan fingerprint density at radius 2 is 1.93 bits per heavy atom. The van der Waals surface area contributed by atoms with Crippen LogP contribution in [-0.4, -0.2) is 80.9 Å². The lowest BCUT2D eigenvalue weighted by Crippen LogP contribution is -2.38. The predicted octanol–water partition coefficient (Wildman–Crippen LogP) is 2.42. The van der Waals surface area contributed by atoms with Gasteiger partial charge in [-0.3, -0.25) is 19.9 Å². The molecule has 0 bridgehead atoms.